The van der Waals surface area contributed by atoms with Gasteiger partial charge in [0.25, 0.3) is 9.05 Å². The lowest BCUT2D eigenvalue weighted by atomic mass is 9.87. The molecule has 0 N–H and O–H groups in total. The molecule has 0 radical (unpaired) electrons. The smallest absolute Gasteiger partial charge is 0.207 e. The summed E-state index contributed by atoms with van der Waals surface area (Å²) < 4.78 is 22.7. The minimum Gasteiger partial charge on any atom is -0.207 e. The quantitative estimate of drug-likeness (QED) is 0.729. The van der Waals surface area contributed by atoms with Crippen molar-refractivity contribution in [2.24, 2.45) is 0 Å². The van der Waals surface area contributed by atoms with Gasteiger partial charge in [-0.2, -0.15) is 0 Å². The van der Waals surface area contributed by atoms with Gasteiger partial charge in [-0.3, -0.25) is 0 Å². The molecule has 0 aliphatic carbocycles. The third kappa shape index (κ3) is 3.10. The molecule has 0 saturated heterocycles. The molecule has 84 valence electrons. The summed E-state index contributed by atoms with van der Waals surface area (Å²) in [6.07, 6.45) is 0. The lowest BCUT2D eigenvalue weighted by molar-refractivity contribution is 0.566. The van der Waals surface area contributed by atoms with E-state index in [4.69, 9.17) is 22.3 Å². The van der Waals surface area contributed by atoms with E-state index in [-0.39, 0.29) is 10.3 Å². The van der Waals surface area contributed by atoms with Crippen LogP contribution in [-0.4, -0.2) is 8.42 Å². The summed E-state index contributed by atoms with van der Waals surface area (Å²) in [5, 5.41) is 0.363. The Kier molecular flexibility index (Phi) is 3.39. The third-order valence-corrected chi connectivity index (χ3v) is 3.61. The Morgan fingerprint density at radius 1 is 1.20 bits per heavy atom. The van der Waals surface area contributed by atoms with Crippen LogP contribution in [0.4, 0.5) is 0 Å². The zero-order valence-corrected chi connectivity index (χ0v) is 11.0. The normalized spacial score (nSPS) is 12.9. The van der Waals surface area contributed by atoms with Gasteiger partial charge in [0.15, 0.2) is 0 Å². The van der Waals surface area contributed by atoms with Crippen LogP contribution in [0.25, 0.3) is 0 Å². The van der Waals surface area contributed by atoms with Crippen molar-refractivity contribution in [3.63, 3.8) is 0 Å². The van der Waals surface area contributed by atoms with Gasteiger partial charge in [0, 0.05) is 15.7 Å². The van der Waals surface area contributed by atoms with E-state index in [1.807, 2.05) is 20.8 Å². The molecule has 0 aliphatic heterocycles. The van der Waals surface area contributed by atoms with Crippen LogP contribution >= 0.6 is 22.3 Å². The summed E-state index contributed by atoms with van der Waals surface area (Å²) >= 11 is 5.75. The Balaban J connectivity index is 3.55. The molecule has 0 fully saturated rings. The SMILES string of the molecule is CC(C)(C)c1ccc(Cl)cc1S(=O)(=O)Cl. The fraction of sp³-hybridized carbons (Fsp3) is 0.400. The van der Waals surface area contributed by atoms with Gasteiger partial charge in [0.2, 0.25) is 0 Å². The molecular weight excluding hydrogens is 255 g/mol. The molecule has 0 saturated carbocycles. The van der Waals surface area contributed by atoms with Gasteiger partial charge in [0.05, 0.1) is 4.90 Å². The number of rotatable bonds is 1. The molecule has 5 heteroatoms. The Bertz CT molecular complexity index is 473. The highest BCUT2D eigenvalue weighted by atomic mass is 35.7. The van der Waals surface area contributed by atoms with Gasteiger partial charge in [-0.1, -0.05) is 38.4 Å². The summed E-state index contributed by atoms with van der Waals surface area (Å²) in [6.45, 7) is 5.76. The van der Waals surface area contributed by atoms with Crippen molar-refractivity contribution in [3.8, 4) is 0 Å². The zero-order chi connectivity index (χ0) is 11.9. The van der Waals surface area contributed by atoms with Crippen LogP contribution in [0.3, 0.4) is 0 Å². The molecule has 0 spiro atoms. The van der Waals surface area contributed by atoms with Crippen molar-refractivity contribution in [2.75, 3.05) is 0 Å². The van der Waals surface area contributed by atoms with Crippen LogP contribution < -0.4 is 0 Å². The van der Waals surface area contributed by atoms with Crippen molar-refractivity contribution in [1.29, 1.82) is 0 Å². The molecule has 2 nitrogen and oxygen atoms in total. The first-order chi connectivity index (χ1) is 6.62. The van der Waals surface area contributed by atoms with E-state index < -0.39 is 9.05 Å². The predicted molar refractivity (Wildman–Crippen MR) is 63.2 cm³/mol. The topological polar surface area (TPSA) is 34.1 Å². The molecule has 0 aliphatic rings. The van der Waals surface area contributed by atoms with Gasteiger partial charge >= 0.3 is 0 Å². The van der Waals surface area contributed by atoms with E-state index in [0.29, 0.717) is 10.6 Å². The highest BCUT2D eigenvalue weighted by molar-refractivity contribution is 8.13. The van der Waals surface area contributed by atoms with E-state index in [2.05, 4.69) is 0 Å². The van der Waals surface area contributed by atoms with Gasteiger partial charge in [0.1, 0.15) is 0 Å². The van der Waals surface area contributed by atoms with E-state index in [9.17, 15) is 8.42 Å². The van der Waals surface area contributed by atoms with Crippen LogP contribution in [0, 0.1) is 0 Å². The summed E-state index contributed by atoms with van der Waals surface area (Å²) in [5.41, 5.74) is 0.379. The summed E-state index contributed by atoms with van der Waals surface area (Å²) in [4.78, 5) is 0.0872. The maximum atomic E-state index is 11.4. The molecule has 0 heterocycles. The number of hydrogen-bond donors (Lipinski definition) is 0. The van der Waals surface area contributed by atoms with Crippen LogP contribution in [0.15, 0.2) is 23.1 Å². The van der Waals surface area contributed by atoms with E-state index >= 15 is 0 Å². The second-order valence-electron chi connectivity index (χ2n) is 4.33. The summed E-state index contributed by atoms with van der Waals surface area (Å²) in [7, 11) is 1.60. The predicted octanol–water partition coefficient (Wildman–Crippen LogP) is 3.57. The molecule has 0 atom stereocenters. The lowest BCUT2D eigenvalue weighted by Crippen LogP contribution is -2.15. The number of hydrogen-bond acceptors (Lipinski definition) is 2. The second kappa shape index (κ2) is 3.96. The lowest BCUT2D eigenvalue weighted by Gasteiger charge is -2.21. The molecule has 1 aromatic carbocycles. The molecule has 1 aromatic rings. The third-order valence-electron chi connectivity index (χ3n) is 2.01. The Hall–Kier alpha value is -0.250. The van der Waals surface area contributed by atoms with Crippen molar-refractivity contribution in [1.82, 2.24) is 0 Å². The molecule has 0 amide bonds. The molecular formula is C10H12Cl2O2S. The van der Waals surface area contributed by atoms with E-state index in [0.717, 1.165) is 0 Å². The van der Waals surface area contributed by atoms with E-state index in [1.54, 1.807) is 12.1 Å². The highest BCUT2D eigenvalue weighted by Gasteiger charge is 2.24. The summed E-state index contributed by atoms with van der Waals surface area (Å²) in [6, 6.07) is 4.73. The monoisotopic (exact) mass is 266 g/mol. The first-order valence-electron chi connectivity index (χ1n) is 4.37. The first kappa shape index (κ1) is 12.8. The zero-order valence-electron chi connectivity index (χ0n) is 8.71. The van der Waals surface area contributed by atoms with Crippen molar-refractivity contribution in [3.05, 3.63) is 28.8 Å². The van der Waals surface area contributed by atoms with Crippen LogP contribution in [-0.2, 0) is 14.5 Å². The molecule has 15 heavy (non-hydrogen) atoms. The Morgan fingerprint density at radius 2 is 1.73 bits per heavy atom. The Labute approximate surface area is 99.6 Å². The number of halogens is 2. The van der Waals surface area contributed by atoms with Crippen LogP contribution in [0.1, 0.15) is 26.3 Å². The fourth-order valence-electron chi connectivity index (χ4n) is 1.32. The maximum absolute atomic E-state index is 11.4. The fourth-order valence-corrected chi connectivity index (χ4v) is 2.84. The molecule has 0 bridgehead atoms. The first-order valence-corrected chi connectivity index (χ1v) is 7.06. The van der Waals surface area contributed by atoms with Gasteiger partial charge in [-0.25, -0.2) is 8.42 Å². The summed E-state index contributed by atoms with van der Waals surface area (Å²) in [5.74, 6) is 0. The van der Waals surface area contributed by atoms with Crippen LogP contribution in [0.5, 0.6) is 0 Å². The minimum absolute atomic E-state index is 0.0872. The van der Waals surface area contributed by atoms with Crippen molar-refractivity contribution < 1.29 is 8.42 Å². The molecule has 0 unspecified atom stereocenters. The highest BCUT2D eigenvalue weighted by Crippen LogP contribution is 2.32. The molecule has 1 rings (SSSR count). The maximum Gasteiger partial charge on any atom is 0.261 e. The van der Waals surface area contributed by atoms with E-state index in [1.165, 1.54) is 6.07 Å². The average molecular weight is 267 g/mol. The Morgan fingerprint density at radius 3 is 2.13 bits per heavy atom. The standard InChI is InChI=1S/C10H12Cl2O2S/c1-10(2,3)8-5-4-7(11)6-9(8)15(12,13)14/h4-6H,1-3H3. The van der Waals surface area contributed by atoms with Crippen molar-refractivity contribution in [2.45, 2.75) is 31.1 Å². The van der Waals surface area contributed by atoms with Gasteiger partial charge in [-0.15, -0.1) is 0 Å². The molecule has 0 aromatic heterocycles. The van der Waals surface area contributed by atoms with Gasteiger partial charge < -0.3 is 0 Å². The van der Waals surface area contributed by atoms with Crippen molar-refractivity contribution >= 4 is 31.3 Å². The minimum atomic E-state index is -3.75. The largest absolute Gasteiger partial charge is 0.261 e. The average Bonchev–Trinajstić information content (AvgIpc) is 2.00. The number of benzene rings is 1. The second-order valence-corrected chi connectivity index (χ2v) is 7.30. The van der Waals surface area contributed by atoms with Gasteiger partial charge in [-0.05, 0) is 23.1 Å². The van der Waals surface area contributed by atoms with Crippen LogP contribution in [0.2, 0.25) is 5.02 Å².